The molecule has 2 aliphatic rings. The van der Waals surface area contributed by atoms with E-state index in [4.69, 9.17) is 0 Å². The molecule has 2 aliphatic heterocycles. The fourth-order valence-corrected chi connectivity index (χ4v) is 5.94. The first kappa shape index (κ1) is 17.2. The zero-order valence-corrected chi connectivity index (χ0v) is 15.3. The number of hydrogen-bond donors (Lipinski definition) is 1. The van der Waals surface area contributed by atoms with Crippen LogP contribution in [-0.2, 0) is 9.84 Å². The fraction of sp³-hybridized carbons (Fsp3) is 1.00. The molecule has 4 nitrogen and oxygen atoms in total. The number of sulfone groups is 1. The second-order valence-corrected chi connectivity index (χ2v) is 10.8. The highest BCUT2D eigenvalue weighted by Gasteiger charge is 2.48. The maximum atomic E-state index is 12.0. The Hall–Kier alpha value is -0.130. The van der Waals surface area contributed by atoms with E-state index in [1.54, 1.807) is 0 Å². The highest BCUT2D eigenvalue weighted by molar-refractivity contribution is 7.91. The lowest BCUT2D eigenvalue weighted by atomic mass is 9.81. The standard InChI is InChI=1S/C16H32N2O2S/c1-12(2)13-9-17-14(15(3,4)5)10-18(13)16(6)7-8-21(19,20)11-16/h12-14,17H,7-11H2,1-6H3. The van der Waals surface area contributed by atoms with E-state index >= 15 is 0 Å². The van der Waals surface area contributed by atoms with E-state index in [1.165, 1.54) is 0 Å². The Morgan fingerprint density at radius 2 is 1.90 bits per heavy atom. The molecule has 0 aromatic carbocycles. The second-order valence-electron chi connectivity index (χ2n) is 8.63. The van der Waals surface area contributed by atoms with Gasteiger partial charge in [-0.15, -0.1) is 0 Å². The maximum absolute atomic E-state index is 12.0. The van der Waals surface area contributed by atoms with Crippen molar-refractivity contribution in [1.29, 1.82) is 0 Å². The summed E-state index contributed by atoms with van der Waals surface area (Å²) in [6.07, 6.45) is 0.773. The number of nitrogens with one attached hydrogen (secondary N) is 1. The molecule has 0 aromatic rings. The van der Waals surface area contributed by atoms with Crippen LogP contribution in [0.25, 0.3) is 0 Å². The van der Waals surface area contributed by atoms with E-state index in [1.807, 2.05) is 0 Å². The molecule has 0 bridgehead atoms. The van der Waals surface area contributed by atoms with Crippen molar-refractivity contribution >= 4 is 9.84 Å². The quantitative estimate of drug-likeness (QED) is 0.845. The summed E-state index contributed by atoms with van der Waals surface area (Å²) >= 11 is 0. The number of hydrogen-bond acceptors (Lipinski definition) is 4. The Morgan fingerprint density at radius 3 is 2.33 bits per heavy atom. The van der Waals surface area contributed by atoms with Gasteiger partial charge in [-0.3, -0.25) is 4.90 Å². The van der Waals surface area contributed by atoms with Crippen molar-refractivity contribution in [3.63, 3.8) is 0 Å². The van der Waals surface area contributed by atoms with E-state index in [-0.39, 0.29) is 11.0 Å². The Bertz CT molecular complexity index is 481. The van der Waals surface area contributed by atoms with Crippen molar-refractivity contribution in [2.24, 2.45) is 11.3 Å². The normalized spacial score (nSPS) is 38.0. The molecule has 124 valence electrons. The number of piperazine rings is 1. The van der Waals surface area contributed by atoms with Gasteiger partial charge in [0.15, 0.2) is 9.84 Å². The minimum absolute atomic E-state index is 0.189. The molecule has 0 saturated carbocycles. The van der Waals surface area contributed by atoms with E-state index in [9.17, 15) is 8.42 Å². The van der Waals surface area contributed by atoms with Crippen molar-refractivity contribution in [2.75, 3.05) is 24.6 Å². The molecule has 2 saturated heterocycles. The molecule has 2 fully saturated rings. The summed E-state index contributed by atoms with van der Waals surface area (Å²) < 4.78 is 24.0. The van der Waals surface area contributed by atoms with Crippen LogP contribution < -0.4 is 5.32 Å². The van der Waals surface area contributed by atoms with Gasteiger partial charge < -0.3 is 5.32 Å². The smallest absolute Gasteiger partial charge is 0.152 e. The Morgan fingerprint density at radius 1 is 1.29 bits per heavy atom. The topological polar surface area (TPSA) is 49.4 Å². The van der Waals surface area contributed by atoms with Gasteiger partial charge in [0.05, 0.1) is 11.5 Å². The van der Waals surface area contributed by atoms with Crippen LogP contribution in [0.3, 0.4) is 0 Å². The molecule has 1 N–H and O–H groups in total. The van der Waals surface area contributed by atoms with Crippen LogP contribution in [0.1, 0.15) is 48.0 Å². The zero-order valence-electron chi connectivity index (χ0n) is 14.4. The third kappa shape index (κ3) is 3.62. The monoisotopic (exact) mass is 316 g/mol. The Labute approximate surface area is 130 Å². The summed E-state index contributed by atoms with van der Waals surface area (Å²) in [6, 6.07) is 0.828. The van der Waals surface area contributed by atoms with Crippen LogP contribution in [0.2, 0.25) is 0 Å². The molecule has 3 unspecified atom stereocenters. The van der Waals surface area contributed by atoms with Crippen LogP contribution in [0.4, 0.5) is 0 Å². The van der Waals surface area contributed by atoms with Crippen LogP contribution in [0.5, 0.6) is 0 Å². The predicted octanol–water partition coefficient (Wildman–Crippen LogP) is 1.91. The molecule has 21 heavy (non-hydrogen) atoms. The van der Waals surface area contributed by atoms with Crippen molar-refractivity contribution in [3.8, 4) is 0 Å². The lowest BCUT2D eigenvalue weighted by molar-refractivity contribution is -0.00599. The number of nitrogens with zero attached hydrogens (tertiary/aromatic N) is 1. The summed E-state index contributed by atoms with van der Waals surface area (Å²) in [4.78, 5) is 2.51. The summed E-state index contributed by atoms with van der Waals surface area (Å²) in [5.41, 5.74) is -0.00654. The molecular weight excluding hydrogens is 284 g/mol. The van der Waals surface area contributed by atoms with E-state index in [0.717, 1.165) is 19.5 Å². The molecule has 5 heteroatoms. The lowest BCUT2D eigenvalue weighted by Gasteiger charge is -2.52. The minimum atomic E-state index is -2.87. The summed E-state index contributed by atoms with van der Waals surface area (Å²) in [6.45, 7) is 15.3. The fourth-order valence-electron chi connectivity index (χ4n) is 3.79. The predicted molar refractivity (Wildman–Crippen MR) is 88.3 cm³/mol. The van der Waals surface area contributed by atoms with Gasteiger partial charge in [-0.1, -0.05) is 34.6 Å². The number of rotatable bonds is 2. The van der Waals surface area contributed by atoms with Gasteiger partial charge >= 0.3 is 0 Å². The average Bonchev–Trinajstić information content (AvgIpc) is 2.63. The van der Waals surface area contributed by atoms with Gasteiger partial charge in [-0.2, -0.15) is 0 Å². The molecule has 0 spiro atoms. The molecule has 0 radical (unpaired) electrons. The van der Waals surface area contributed by atoms with Crippen molar-refractivity contribution in [3.05, 3.63) is 0 Å². The first-order valence-corrected chi connectivity index (χ1v) is 9.97. The Balaban J connectivity index is 2.27. The third-order valence-electron chi connectivity index (χ3n) is 5.34. The van der Waals surface area contributed by atoms with Gasteiger partial charge in [0.2, 0.25) is 0 Å². The summed E-state index contributed by atoms with van der Waals surface area (Å²) in [5, 5.41) is 3.69. The average molecular weight is 317 g/mol. The van der Waals surface area contributed by atoms with Gasteiger partial charge in [0.1, 0.15) is 0 Å². The van der Waals surface area contributed by atoms with Gasteiger partial charge in [-0.25, -0.2) is 8.42 Å². The SMILES string of the molecule is CC(C)C1CNC(C(C)(C)C)CN1C1(C)CCS(=O)(=O)C1. The highest BCUT2D eigenvalue weighted by Crippen LogP contribution is 2.36. The molecule has 2 rings (SSSR count). The highest BCUT2D eigenvalue weighted by atomic mass is 32.2. The van der Waals surface area contributed by atoms with Crippen LogP contribution >= 0.6 is 0 Å². The first-order valence-electron chi connectivity index (χ1n) is 8.15. The molecular formula is C16H32N2O2S. The van der Waals surface area contributed by atoms with E-state index in [2.05, 4.69) is 51.8 Å². The molecule has 0 amide bonds. The van der Waals surface area contributed by atoms with Crippen molar-refractivity contribution in [1.82, 2.24) is 10.2 Å². The Kier molecular flexibility index (Phi) is 4.51. The van der Waals surface area contributed by atoms with E-state index in [0.29, 0.717) is 29.5 Å². The van der Waals surface area contributed by atoms with Gasteiger partial charge in [0.25, 0.3) is 0 Å². The summed E-state index contributed by atoms with van der Waals surface area (Å²) in [7, 11) is -2.87. The van der Waals surface area contributed by atoms with Gasteiger partial charge in [0, 0.05) is 30.7 Å². The van der Waals surface area contributed by atoms with Crippen LogP contribution in [-0.4, -0.2) is 55.5 Å². The minimum Gasteiger partial charge on any atom is -0.311 e. The second kappa shape index (κ2) is 5.50. The molecule has 3 atom stereocenters. The molecule has 0 aromatic heterocycles. The maximum Gasteiger partial charge on any atom is 0.152 e. The van der Waals surface area contributed by atoms with Gasteiger partial charge in [-0.05, 0) is 24.7 Å². The third-order valence-corrected chi connectivity index (χ3v) is 7.23. The van der Waals surface area contributed by atoms with Crippen molar-refractivity contribution < 1.29 is 8.42 Å². The van der Waals surface area contributed by atoms with Crippen molar-refractivity contribution in [2.45, 2.75) is 65.6 Å². The van der Waals surface area contributed by atoms with E-state index < -0.39 is 9.84 Å². The zero-order chi connectivity index (χ0) is 16.1. The summed E-state index contributed by atoms with van der Waals surface area (Å²) in [5.74, 6) is 1.19. The molecule has 2 heterocycles. The lowest BCUT2D eigenvalue weighted by Crippen LogP contribution is -2.67. The first-order chi connectivity index (χ1) is 9.45. The molecule has 0 aliphatic carbocycles. The van der Waals surface area contributed by atoms with Crippen LogP contribution in [0.15, 0.2) is 0 Å². The largest absolute Gasteiger partial charge is 0.311 e. The van der Waals surface area contributed by atoms with Crippen LogP contribution in [0, 0.1) is 11.3 Å².